The number of hydrogen-bond donors (Lipinski definition) is 0. The molecule has 1 aromatic rings. The van der Waals surface area contributed by atoms with Gasteiger partial charge < -0.3 is 4.74 Å². The van der Waals surface area contributed by atoms with Crippen LogP contribution < -0.4 is 4.74 Å². The molecule has 1 heterocycles. The zero-order valence-corrected chi connectivity index (χ0v) is 7.55. The summed E-state index contributed by atoms with van der Waals surface area (Å²) in [5.41, 5.74) is 0.734. The van der Waals surface area contributed by atoms with E-state index in [0.717, 1.165) is 10.0 Å². The number of nitrogens with zero attached hydrogens (tertiary/aromatic N) is 1. The van der Waals surface area contributed by atoms with E-state index in [-0.39, 0.29) is 0 Å². The van der Waals surface area contributed by atoms with Gasteiger partial charge in [0.1, 0.15) is 0 Å². The molecule has 56 valence electrons. The fourth-order valence-corrected chi connectivity index (χ4v) is 1.17. The molecule has 0 saturated heterocycles. The molecule has 0 bridgehead atoms. The van der Waals surface area contributed by atoms with Gasteiger partial charge in [0.05, 0.1) is 11.6 Å². The van der Waals surface area contributed by atoms with Gasteiger partial charge in [0.15, 0.2) is 0 Å². The largest absolute Gasteiger partial charge is 0.480 e. The maximum atomic E-state index is 5.16. The molecule has 0 N–H and O–H groups in total. The fraction of sp³-hybridized carbons (Fsp3) is 0.125. The normalized spacial score (nSPS) is 8.82. The molecule has 11 heavy (non-hydrogen) atoms. The first-order valence-corrected chi connectivity index (χ1v) is 3.73. The summed E-state index contributed by atoms with van der Waals surface area (Å²) in [4.78, 5) is 3.96. The van der Waals surface area contributed by atoms with Gasteiger partial charge in [-0.15, -0.1) is 6.42 Å². The lowest BCUT2D eigenvalue weighted by molar-refractivity contribution is 0.395. The van der Waals surface area contributed by atoms with Crippen molar-refractivity contribution in [2.24, 2.45) is 0 Å². The van der Waals surface area contributed by atoms with Crippen LogP contribution in [0.2, 0.25) is 0 Å². The van der Waals surface area contributed by atoms with E-state index in [2.05, 4.69) is 26.8 Å². The number of pyridine rings is 1. The fourth-order valence-electron chi connectivity index (χ4n) is 0.655. The Bertz CT molecular complexity index is 303. The first kappa shape index (κ1) is 8.09. The van der Waals surface area contributed by atoms with Crippen LogP contribution in [0.3, 0.4) is 0 Å². The van der Waals surface area contributed by atoms with Crippen LogP contribution >= 0.6 is 15.9 Å². The lowest BCUT2D eigenvalue weighted by atomic mass is 10.3. The molecule has 0 radical (unpaired) electrons. The molecule has 0 aromatic carbocycles. The van der Waals surface area contributed by atoms with Crippen molar-refractivity contribution in [1.82, 2.24) is 4.98 Å². The molecule has 0 aliphatic heterocycles. The molecule has 0 aliphatic rings. The highest BCUT2D eigenvalue weighted by atomic mass is 79.9. The predicted octanol–water partition coefficient (Wildman–Crippen LogP) is 1.83. The summed E-state index contributed by atoms with van der Waals surface area (Å²) in [5, 5.41) is 0. The van der Waals surface area contributed by atoms with E-state index in [9.17, 15) is 0 Å². The first-order valence-electron chi connectivity index (χ1n) is 2.94. The van der Waals surface area contributed by atoms with Gasteiger partial charge in [-0.05, 0) is 22.0 Å². The van der Waals surface area contributed by atoms with Crippen LogP contribution in [0.4, 0.5) is 0 Å². The van der Waals surface area contributed by atoms with Crippen LogP contribution in [0, 0.1) is 12.3 Å². The summed E-state index contributed by atoms with van der Waals surface area (Å²) in [7, 11) is 1.56. The van der Waals surface area contributed by atoms with Crippen LogP contribution in [0.1, 0.15) is 5.56 Å². The predicted molar refractivity (Wildman–Crippen MR) is 46.4 cm³/mol. The number of aromatic nitrogens is 1. The Morgan fingerprint density at radius 2 is 2.45 bits per heavy atom. The van der Waals surface area contributed by atoms with Crippen molar-refractivity contribution in [3.05, 3.63) is 22.3 Å². The van der Waals surface area contributed by atoms with E-state index in [1.165, 1.54) is 0 Å². The number of halogens is 1. The van der Waals surface area contributed by atoms with Crippen molar-refractivity contribution < 1.29 is 4.74 Å². The van der Waals surface area contributed by atoms with Gasteiger partial charge in [-0.25, -0.2) is 4.98 Å². The van der Waals surface area contributed by atoms with Crippen LogP contribution in [0.15, 0.2) is 16.7 Å². The van der Waals surface area contributed by atoms with Gasteiger partial charge in [0, 0.05) is 11.8 Å². The third-order valence-electron chi connectivity index (χ3n) is 1.17. The molecular formula is C8H6BrNO. The average Bonchev–Trinajstić information content (AvgIpc) is 2.04. The smallest absolute Gasteiger partial charge is 0.227 e. The molecular weight excluding hydrogens is 206 g/mol. The van der Waals surface area contributed by atoms with Crippen molar-refractivity contribution in [2.75, 3.05) is 7.11 Å². The van der Waals surface area contributed by atoms with E-state index < -0.39 is 0 Å². The SMILES string of the molecule is C#Cc1cnc(OC)c(Br)c1. The molecule has 0 fully saturated rings. The maximum Gasteiger partial charge on any atom is 0.227 e. The molecule has 0 spiro atoms. The summed E-state index contributed by atoms with van der Waals surface area (Å²) < 4.78 is 5.69. The van der Waals surface area contributed by atoms with Crippen molar-refractivity contribution in [3.8, 4) is 18.2 Å². The Balaban J connectivity index is 3.12. The van der Waals surface area contributed by atoms with Crippen LogP contribution in [0.25, 0.3) is 0 Å². The minimum atomic E-state index is 0.545. The van der Waals surface area contributed by atoms with Gasteiger partial charge in [-0.2, -0.15) is 0 Å². The van der Waals surface area contributed by atoms with Crippen LogP contribution in [0.5, 0.6) is 5.88 Å². The van der Waals surface area contributed by atoms with Gasteiger partial charge in [-0.1, -0.05) is 5.92 Å². The quantitative estimate of drug-likeness (QED) is 0.662. The van der Waals surface area contributed by atoms with Crippen molar-refractivity contribution in [3.63, 3.8) is 0 Å². The monoisotopic (exact) mass is 211 g/mol. The lowest BCUT2D eigenvalue weighted by Crippen LogP contribution is -1.89. The topological polar surface area (TPSA) is 22.1 Å². The summed E-state index contributed by atoms with van der Waals surface area (Å²) in [6.45, 7) is 0. The Morgan fingerprint density at radius 1 is 1.73 bits per heavy atom. The Kier molecular flexibility index (Phi) is 2.50. The number of methoxy groups -OCH3 is 1. The molecule has 0 unspecified atom stereocenters. The van der Waals surface area contributed by atoms with Crippen molar-refractivity contribution >= 4 is 15.9 Å². The molecule has 0 amide bonds. The maximum absolute atomic E-state index is 5.16. The second kappa shape index (κ2) is 3.40. The van der Waals surface area contributed by atoms with Crippen LogP contribution in [-0.2, 0) is 0 Å². The van der Waals surface area contributed by atoms with Crippen molar-refractivity contribution in [1.29, 1.82) is 0 Å². The Hall–Kier alpha value is -1.01. The Labute approximate surface area is 73.7 Å². The summed E-state index contributed by atoms with van der Waals surface area (Å²) >= 11 is 3.27. The van der Waals surface area contributed by atoms with Gasteiger partial charge >= 0.3 is 0 Å². The third kappa shape index (κ3) is 1.72. The third-order valence-corrected chi connectivity index (χ3v) is 1.74. The molecule has 0 atom stereocenters. The molecule has 1 aromatic heterocycles. The molecule has 1 rings (SSSR count). The zero-order chi connectivity index (χ0) is 8.27. The standard InChI is InChI=1S/C8H6BrNO/c1-3-6-4-7(9)8(11-2)10-5-6/h1,4-5H,2H3. The number of ether oxygens (including phenoxy) is 1. The zero-order valence-electron chi connectivity index (χ0n) is 5.97. The van der Waals surface area contributed by atoms with E-state index in [1.54, 1.807) is 19.4 Å². The second-order valence-electron chi connectivity index (χ2n) is 1.86. The summed E-state index contributed by atoms with van der Waals surface area (Å²) in [5.74, 6) is 3.02. The van der Waals surface area contributed by atoms with E-state index >= 15 is 0 Å². The van der Waals surface area contributed by atoms with Crippen LogP contribution in [-0.4, -0.2) is 12.1 Å². The number of hydrogen-bond acceptors (Lipinski definition) is 2. The number of terminal acetylenes is 1. The summed E-state index contributed by atoms with van der Waals surface area (Å²) in [6, 6.07) is 1.78. The Morgan fingerprint density at radius 3 is 2.91 bits per heavy atom. The molecule has 0 saturated carbocycles. The van der Waals surface area contributed by atoms with Gasteiger partial charge in [0.2, 0.25) is 5.88 Å². The molecule has 3 heteroatoms. The molecule has 0 aliphatic carbocycles. The van der Waals surface area contributed by atoms with Gasteiger partial charge in [-0.3, -0.25) is 0 Å². The first-order chi connectivity index (χ1) is 5.27. The highest BCUT2D eigenvalue weighted by molar-refractivity contribution is 9.10. The van der Waals surface area contributed by atoms with E-state index in [0.29, 0.717) is 5.88 Å². The molecule has 2 nitrogen and oxygen atoms in total. The second-order valence-corrected chi connectivity index (χ2v) is 2.71. The minimum absolute atomic E-state index is 0.545. The highest BCUT2D eigenvalue weighted by Crippen LogP contribution is 2.21. The minimum Gasteiger partial charge on any atom is -0.480 e. The average molecular weight is 212 g/mol. The number of rotatable bonds is 1. The summed E-state index contributed by atoms with van der Waals surface area (Å²) in [6.07, 6.45) is 6.75. The highest BCUT2D eigenvalue weighted by Gasteiger charge is 1.99. The van der Waals surface area contributed by atoms with Gasteiger partial charge in [0.25, 0.3) is 0 Å². The van der Waals surface area contributed by atoms with Crippen molar-refractivity contribution in [2.45, 2.75) is 0 Å². The van der Waals surface area contributed by atoms with E-state index in [1.807, 2.05) is 0 Å². The lowest BCUT2D eigenvalue weighted by Gasteiger charge is -2.00. The van der Waals surface area contributed by atoms with E-state index in [4.69, 9.17) is 11.2 Å².